The van der Waals surface area contributed by atoms with Crippen molar-refractivity contribution in [1.82, 2.24) is 5.32 Å². The lowest BCUT2D eigenvalue weighted by atomic mass is 10.0. The third-order valence-electron chi connectivity index (χ3n) is 12.0. The van der Waals surface area contributed by atoms with Crippen LogP contribution in [-0.2, 0) is 18.4 Å². The van der Waals surface area contributed by atoms with E-state index in [1.807, 2.05) is 21.1 Å². The molecule has 1 amide bonds. The summed E-state index contributed by atoms with van der Waals surface area (Å²) in [5, 5.41) is 13.9. The first-order valence-electron chi connectivity index (χ1n) is 28.4. The molecule has 0 aliphatic carbocycles. The first kappa shape index (κ1) is 67.9. The third-order valence-corrected chi connectivity index (χ3v) is 12.9. The molecule has 0 fully saturated rings. The summed E-state index contributed by atoms with van der Waals surface area (Å²) in [6.07, 6.45) is 76.6. The maximum absolute atomic E-state index is 12.9. The van der Waals surface area contributed by atoms with Crippen molar-refractivity contribution in [2.45, 2.75) is 225 Å². The fourth-order valence-corrected chi connectivity index (χ4v) is 8.26. The highest BCUT2D eigenvalue weighted by atomic mass is 31.2. The lowest BCUT2D eigenvalue weighted by Gasteiger charge is -2.30. The van der Waals surface area contributed by atoms with Crippen LogP contribution in [0, 0.1) is 0 Å². The highest BCUT2D eigenvalue weighted by Gasteiger charge is 2.24. The van der Waals surface area contributed by atoms with E-state index in [0.29, 0.717) is 23.9 Å². The number of nitrogens with zero attached hydrogens (tertiary/aromatic N) is 1. The van der Waals surface area contributed by atoms with E-state index < -0.39 is 20.0 Å². The molecular weight excluding hydrogens is 900 g/mol. The molecule has 0 aromatic rings. The van der Waals surface area contributed by atoms with Gasteiger partial charge in [0.25, 0.3) is 7.82 Å². The van der Waals surface area contributed by atoms with Crippen molar-refractivity contribution in [2.24, 2.45) is 0 Å². The summed E-state index contributed by atoms with van der Waals surface area (Å²) in [6, 6.07) is -0.816. The van der Waals surface area contributed by atoms with Crippen LogP contribution < -0.4 is 10.2 Å². The molecule has 0 spiro atoms. The summed E-state index contributed by atoms with van der Waals surface area (Å²) in [5.41, 5.74) is 0. The minimum atomic E-state index is -4.58. The zero-order valence-corrected chi connectivity index (χ0v) is 47.0. The highest BCUT2D eigenvalue weighted by Crippen LogP contribution is 2.38. The van der Waals surface area contributed by atoms with E-state index in [1.165, 1.54) is 70.6 Å². The Kier molecular flexibility index (Phi) is 49.5. The van der Waals surface area contributed by atoms with Crippen LogP contribution in [-0.4, -0.2) is 68.5 Å². The average Bonchev–Trinajstić information content (AvgIpc) is 3.33. The Morgan fingerprint density at radius 1 is 0.507 bits per heavy atom. The first-order chi connectivity index (χ1) is 34.5. The predicted molar refractivity (Wildman–Crippen MR) is 306 cm³/mol. The number of likely N-dealkylation sites (N-methyl/N-ethyl adjacent to an activating group) is 1. The number of hydrogen-bond donors (Lipinski definition) is 2. The number of nitrogens with one attached hydrogen (secondary N) is 1. The van der Waals surface area contributed by atoms with Gasteiger partial charge in [-0.1, -0.05) is 238 Å². The Balaban J connectivity index is 4.15. The van der Waals surface area contributed by atoms with Gasteiger partial charge in [-0.3, -0.25) is 9.36 Å². The van der Waals surface area contributed by atoms with E-state index in [0.717, 1.165) is 116 Å². The zero-order chi connectivity index (χ0) is 52.0. The first-order valence-corrected chi connectivity index (χ1v) is 29.8. The van der Waals surface area contributed by atoms with Gasteiger partial charge in [-0.2, -0.15) is 0 Å². The van der Waals surface area contributed by atoms with E-state index in [9.17, 15) is 19.4 Å². The summed E-state index contributed by atoms with van der Waals surface area (Å²) in [7, 11) is 1.28. The summed E-state index contributed by atoms with van der Waals surface area (Å²) < 4.78 is 23.3. The second kappa shape index (κ2) is 51.8. The number of allylic oxidation sites excluding steroid dienone is 20. The maximum Gasteiger partial charge on any atom is 0.268 e. The summed E-state index contributed by atoms with van der Waals surface area (Å²) in [5.74, 6) is -0.185. The number of aliphatic hydroxyl groups excluding tert-OH is 1. The van der Waals surface area contributed by atoms with Crippen molar-refractivity contribution in [3.63, 3.8) is 0 Å². The number of unbranched alkanes of at least 4 members (excludes halogenated alkanes) is 17. The molecule has 3 unspecified atom stereocenters. The Morgan fingerprint density at radius 3 is 1.25 bits per heavy atom. The van der Waals surface area contributed by atoms with Crippen molar-refractivity contribution in [1.29, 1.82) is 0 Å². The van der Waals surface area contributed by atoms with Gasteiger partial charge in [-0.05, 0) is 89.9 Å². The second-order valence-corrected chi connectivity index (χ2v) is 21.3. The highest BCUT2D eigenvalue weighted by molar-refractivity contribution is 7.45. The molecule has 0 saturated heterocycles. The molecule has 0 aromatic heterocycles. The van der Waals surface area contributed by atoms with Gasteiger partial charge in [-0.25, -0.2) is 0 Å². The Labute approximate surface area is 437 Å². The van der Waals surface area contributed by atoms with Gasteiger partial charge in [0.15, 0.2) is 0 Å². The SMILES string of the molecule is CC/C=C\C/C=C\C/C=C\C/C=C\C/C=C\C/C=C\C/C=C\C/C=C\C/C=C\C/C=C\CCCCCCCCC(=O)NC(COP(=O)([O-])OCC[N+](C)(C)C)C(O)CCCCCCCCCCCCCC. The fraction of sp³-hybridized carbons (Fsp3) is 0.661. The molecule has 9 heteroatoms. The molecule has 2 N–H and O–H groups in total. The number of carbonyl (C=O) groups excluding carboxylic acids is 1. The second-order valence-electron chi connectivity index (χ2n) is 19.9. The van der Waals surface area contributed by atoms with Gasteiger partial charge in [0.05, 0.1) is 39.9 Å². The molecule has 0 rings (SSSR count). The molecule has 0 aliphatic rings. The molecule has 0 saturated carbocycles. The number of rotatable bonds is 50. The summed E-state index contributed by atoms with van der Waals surface area (Å²) in [4.78, 5) is 25.4. The number of carbonyl (C=O) groups is 1. The molecule has 8 nitrogen and oxygen atoms in total. The molecule has 71 heavy (non-hydrogen) atoms. The Morgan fingerprint density at radius 2 is 0.859 bits per heavy atom. The number of quaternary nitrogens is 1. The number of hydrogen-bond acceptors (Lipinski definition) is 6. The quantitative estimate of drug-likeness (QED) is 0.0272. The van der Waals surface area contributed by atoms with Crippen molar-refractivity contribution >= 4 is 13.7 Å². The van der Waals surface area contributed by atoms with Crippen LogP contribution in [0.25, 0.3) is 0 Å². The minimum Gasteiger partial charge on any atom is -0.756 e. The lowest BCUT2D eigenvalue weighted by molar-refractivity contribution is -0.870. The number of aliphatic hydroxyl groups is 1. The molecule has 0 heterocycles. The van der Waals surface area contributed by atoms with Crippen molar-refractivity contribution in [3.8, 4) is 0 Å². The smallest absolute Gasteiger partial charge is 0.268 e. The standard InChI is InChI=1S/C62H107N2O6P/c1-6-8-10-12-14-16-18-20-21-22-23-24-25-26-27-28-29-30-31-32-33-34-35-36-37-38-39-40-41-42-43-44-46-48-50-52-54-56-62(66)63-60(59-70-71(67,68)69-58-57-64(3,4)5)61(65)55-53-51-49-47-45-19-17-15-13-11-9-7-2/h8,10,14,16,20-21,23-24,26-27,29-30,32-33,35-36,38-39,41-42,60-61,65H,6-7,9,11-13,15,17-19,22,25,28,31,34,37,40,43-59H2,1-5H3,(H-,63,66,67,68)/b10-8-,16-14-,21-20-,24-23-,27-26-,30-29-,33-32-,36-35-,39-38-,42-41-. The van der Waals surface area contributed by atoms with Gasteiger partial charge in [0.2, 0.25) is 5.91 Å². The molecule has 0 radical (unpaired) electrons. The normalized spacial score (nSPS) is 14.9. The molecule has 3 atom stereocenters. The molecule has 0 aliphatic heterocycles. The number of phosphoric ester groups is 1. The summed E-state index contributed by atoms with van der Waals surface area (Å²) in [6.45, 7) is 4.57. The predicted octanol–water partition coefficient (Wildman–Crippen LogP) is 16.7. The van der Waals surface area contributed by atoms with Crippen molar-refractivity contribution < 1.29 is 32.9 Å². The third kappa shape index (κ3) is 54.5. The molecule has 0 aromatic carbocycles. The van der Waals surface area contributed by atoms with Gasteiger partial charge in [-0.15, -0.1) is 0 Å². The average molecular weight is 1010 g/mol. The molecule has 0 bridgehead atoms. The van der Waals surface area contributed by atoms with Crippen molar-refractivity contribution in [2.75, 3.05) is 40.9 Å². The van der Waals surface area contributed by atoms with Crippen molar-refractivity contribution in [3.05, 3.63) is 122 Å². The number of phosphoric acid groups is 1. The largest absolute Gasteiger partial charge is 0.756 e. The van der Waals surface area contributed by atoms with Crippen LogP contribution in [0.4, 0.5) is 0 Å². The van der Waals surface area contributed by atoms with E-state index in [4.69, 9.17) is 9.05 Å². The minimum absolute atomic E-state index is 0.00281. The lowest BCUT2D eigenvalue weighted by Crippen LogP contribution is -2.46. The van der Waals surface area contributed by atoms with Crippen LogP contribution >= 0.6 is 7.82 Å². The summed E-state index contributed by atoms with van der Waals surface area (Å²) >= 11 is 0. The maximum atomic E-state index is 12.9. The van der Waals surface area contributed by atoms with Crippen LogP contribution in [0.15, 0.2) is 122 Å². The van der Waals surface area contributed by atoms with Gasteiger partial charge >= 0.3 is 0 Å². The van der Waals surface area contributed by atoms with E-state index in [1.54, 1.807) is 0 Å². The van der Waals surface area contributed by atoms with Crippen LogP contribution in [0.3, 0.4) is 0 Å². The van der Waals surface area contributed by atoms with E-state index >= 15 is 0 Å². The van der Waals surface area contributed by atoms with E-state index in [2.05, 4.69) is 141 Å². The molecule has 406 valence electrons. The monoisotopic (exact) mass is 1010 g/mol. The Hall–Kier alpha value is -3.10. The van der Waals surface area contributed by atoms with Crippen LogP contribution in [0.2, 0.25) is 0 Å². The number of amides is 1. The van der Waals surface area contributed by atoms with E-state index in [-0.39, 0.29) is 19.1 Å². The van der Waals surface area contributed by atoms with Gasteiger partial charge in [0, 0.05) is 6.42 Å². The zero-order valence-electron chi connectivity index (χ0n) is 46.1. The van der Waals surface area contributed by atoms with Gasteiger partial charge in [0.1, 0.15) is 13.2 Å². The topological polar surface area (TPSA) is 108 Å². The Bertz CT molecular complexity index is 1560. The van der Waals surface area contributed by atoms with Crippen LogP contribution in [0.5, 0.6) is 0 Å². The van der Waals surface area contributed by atoms with Gasteiger partial charge < -0.3 is 28.8 Å². The fourth-order valence-electron chi connectivity index (χ4n) is 7.54. The van der Waals surface area contributed by atoms with Crippen LogP contribution in [0.1, 0.15) is 213 Å². The molecular formula is C62H107N2O6P.